The predicted octanol–water partition coefficient (Wildman–Crippen LogP) is 3.93. The number of carbonyl (C=O) groups excluding carboxylic acids is 1. The van der Waals surface area contributed by atoms with Crippen LogP contribution in [0.3, 0.4) is 0 Å². The van der Waals surface area contributed by atoms with Crippen molar-refractivity contribution in [1.82, 2.24) is 14.9 Å². The van der Waals surface area contributed by atoms with Gasteiger partial charge in [0, 0.05) is 31.4 Å². The number of ether oxygens (including phenoxy) is 2. The number of benzene rings is 1. The normalized spacial score (nSPS) is 14.4. The summed E-state index contributed by atoms with van der Waals surface area (Å²) >= 11 is 0. The minimum Gasteiger partial charge on any atom is -0.489 e. The van der Waals surface area contributed by atoms with Gasteiger partial charge in [-0.05, 0) is 39.0 Å². The molecule has 0 spiro atoms. The summed E-state index contributed by atoms with van der Waals surface area (Å²) < 4.78 is 50.8. The van der Waals surface area contributed by atoms with E-state index in [1.807, 2.05) is 13.8 Å². The molecule has 1 amide bonds. The van der Waals surface area contributed by atoms with E-state index in [4.69, 9.17) is 9.47 Å². The number of rotatable bonds is 7. The highest BCUT2D eigenvalue weighted by Gasteiger charge is 2.35. The highest BCUT2D eigenvalue weighted by molar-refractivity contribution is 5.95. The molecule has 1 aromatic carbocycles. The lowest BCUT2D eigenvalue weighted by molar-refractivity contribution is -0.137. The van der Waals surface area contributed by atoms with Gasteiger partial charge in [0.05, 0.1) is 25.0 Å². The first-order chi connectivity index (χ1) is 15.2. The molecule has 32 heavy (non-hydrogen) atoms. The first-order valence-corrected chi connectivity index (χ1v) is 10.3. The van der Waals surface area contributed by atoms with Gasteiger partial charge in [0.1, 0.15) is 17.1 Å². The van der Waals surface area contributed by atoms with Gasteiger partial charge in [-0.1, -0.05) is 0 Å². The Labute approximate surface area is 184 Å². The highest BCUT2D eigenvalue weighted by Crippen LogP contribution is 2.35. The maximum atomic E-state index is 13.2. The van der Waals surface area contributed by atoms with Crippen LogP contribution in [0.5, 0.6) is 5.75 Å². The molecule has 0 radical (unpaired) electrons. The van der Waals surface area contributed by atoms with E-state index in [1.165, 1.54) is 0 Å². The molecule has 0 saturated carbocycles. The number of carbonyl (C=O) groups is 1. The molecule has 0 atom stereocenters. The maximum absolute atomic E-state index is 13.2. The number of hydrogen-bond acceptors (Lipinski definition) is 7. The van der Waals surface area contributed by atoms with Crippen molar-refractivity contribution in [2.24, 2.45) is 0 Å². The van der Waals surface area contributed by atoms with Crippen molar-refractivity contribution >= 4 is 23.4 Å². The van der Waals surface area contributed by atoms with Crippen LogP contribution in [-0.4, -0.2) is 59.7 Å². The molecule has 2 heterocycles. The summed E-state index contributed by atoms with van der Waals surface area (Å²) in [5.41, 5.74) is -0.0794. The van der Waals surface area contributed by atoms with Crippen molar-refractivity contribution in [1.29, 1.82) is 0 Å². The molecule has 2 aromatic rings. The molecule has 1 aliphatic heterocycles. The highest BCUT2D eigenvalue weighted by atomic mass is 19.4. The number of nitrogens with zero attached hydrogens (tertiary/aromatic N) is 3. The summed E-state index contributed by atoms with van der Waals surface area (Å²) in [4.78, 5) is 22.3. The number of alkyl halides is 3. The second-order valence-corrected chi connectivity index (χ2v) is 7.39. The molecule has 11 heteroatoms. The number of nitrogens with one attached hydrogen (secondary N) is 2. The molecule has 8 nitrogen and oxygen atoms in total. The third-order valence-corrected chi connectivity index (χ3v) is 4.57. The fourth-order valence-electron chi connectivity index (χ4n) is 3.13. The Kier molecular flexibility index (Phi) is 7.39. The van der Waals surface area contributed by atoms with Gasteiger partial charge in [0.15, 0.2) is 0 Å². The lowest BCUT2D eigenvalue weighted by Gasteiger charge is -2.27. The van der Waals surface area contributed by atoms with Crippen LogP contribution in [0.4, 0.5) is 30.6 Å². The van der Waals surface area contributed by atoms with Gasteiger partial charge in [-0.25, -0.2) is 4.98 Å². The zero-order valence-corrected chi connectivity index (χ0v) is 18.1. The summed E-state index contributed by atoms with van der Waals surface area (Å²) in [6, 6.07) is 4.86. The third-order valence-electron chi connectivity index (χ3n) is 4.57. The van der Waals surface area contributed by atoms with Crippen LogP contribution in [0.25, 0.3) is 0 Å². The van der Waals surface area contributed by atoms with E-state index in [1.54, 1.807) is 30.0 Å². The van der Waals surface area contributed by atoms with Crippen LogP contribution in [0.15, 0.2) is 24.4 Å². The molecule has 0 aliphatic carbocycles. The fraction of sp³-hybridized carbons (Fsp3) is 0.476. The minimum absolute atomic E-state index is 0.0326. The topological polar surface area (TPSA) is 88.6 Å². The van der Waals surface area contributed by atoms with E-state index in [-0.39, 0.29) is 30.3 Å². The zero-order chi connectivity index (χ0) is 23.3. The molecule has 1 aliphatic rings. The predicted molar refractivity (Wildman–Crippen MR) is 113 cm³/mol. The van der Waals surface area contributed by atoms with Crippen molar-refractivity contribution in [2.45, 2.75) is 33.1 Å². The molecule has 1 fully saturated rings. The molecule has 2 N–H and O–H groups in total. The van der Waals surface area contributed by atoms with Gasteiger partial charge in [0.25, 0.3) is 5.91 Å². The Hall–Kier alpha value is -3.08. The number of amides is 1. The van der Waals surface area contributed by atoms with Crippen LogP contribution < -0.4 is 15.4 Å². The van der Waals surface area contributed by atoms with E-state index in [2.05, 4.69) is 20.6 Å². The van der Waals surface area contributed by atoms with Crippen molar-refractivity contribution in [3.63, 3.8) is 0 Å². The lowest BCUT2D eigenvalue weighted by atomic mass is 10.1. The molecular weight excluding hydrogens is 427 g/mol. The largest absolute Gasteiger partial charge is 0.489 e. The standard InChI is InChI=1S/C21H26F3N5O3/c1-4-25-18-15(21(22,23)24)12-26-20(28-18)27-16-6-5-14(11-17(16)32-13(2)3)19(30)29-7-9-31-10-8-29/h5-6,11-13H,4,7-10H2,1-3H3,(H2,25,26,27,28). The summed E-state index contributed by atoms with van der Waals surface area (Å²) in [6.45, 7) is 7.59. The van der Waals surface area contributed by atoms with Gasteiger partial charge in [-0.2, -0.15) is 18.2 Å². The molecule has 0 bridgehead atoms. The number of morpholine rings is 1. The van der Waals surface area contributed by atoms with Crippen molar-refractivity contribution in [3.05, 3.63) is 35.5 Å². The first kappa shape index (κ1) is 23.6. The van der Waals surface area contributed by atoms with Crippen molar-refractivity contribution in [3.8, 4) is 5.75 Å². The molecule has 1 aromatic heterocycles. The van der Waals surface area contributed by atoms with Gasteiger partial charge in [-0.15, -0.1) is 0 Å². The first-order valence-electron chi connectivity index (χ1n) is 10.3. The van der Waals surface area contributed by atoms with Crippen LogP contribution in [0, 0.1) is 0 Å². The summed E-state index contributed by atoms with van der Waals surface area (Å²) in [5.74, 6) is -0.126. The smallest absolute Gasteiger partial charge is 0.421 e. The van der Waals surface area contributed by atoms with Gasteiger partial charge in [0.2, 0.25) is 5.95 Å². The Morgan fingerprint density at radius 3 is 2.62 bits per heavy atom. The van der Waals surface area contributed by atoms with Crippen LogP contribution in [-0.2, 0) is 10.9 Å². The third kappa shape index (κ3) is 5.78. The SMILES string of the molecule is CCNc1nc(Nc2ccc(C(=O)N3CCOCC3)cc2OC(C)C)ncc1C(F)(F)F. The molecule has 0 unspecified atom stereocenters. The monoisotopic (exact) mass is 453 g/mol. The number of anilines is 3. The quantitative estimate of drug-likeness (QED) is 0.657. The Bertz CT molecular complexity index is 947. The summed E-state index contributed by atoms with van der Waals surface area (Å²) in [6.07, 6.45) is -4.05. The summed E-state index contributed by atoms with van der Waals surface area (Å²) in [5, 5.41) is 5.51. The van der Waals surface area contributed by atoms with Gasteiger partial charge >= 0.3 is 6.18 Å². The Balaban J connectivity index is 1.89. The van der Waals surface area contributed by atoms with E-state index in [9.17, 15) is 18.0 Å². The molecule has 174 valence electrons. The minimum atomic E-state index is -4.58. The molecule has 1 saturated heterocycles. The number of aromatic nitrogens is 2. The van der Waals surface area contributed by atoms with E-state index < -0.39 is 11.7 Å². The van der Waals surface area contributed by atoms with Crippen LogP contribution in [0.2, 0.25) is 0 Å². The average Bonchev–Trinajstić information content (AvgIpc) is 2.74. The second kappa shape index (κ2) is 10.0. The number of halogens is 3. The fourth-order valence-corrected chi connectivity index (χ4v) is 3.13. The van der Waals surface area contributed by atoms with Crippen LogP contribution in [0.1, 0.15) is 36.7 Å². The molecular formula is C21H26F3N5O3. The van der Waals surface area contributed by atoms with E-state index in [0.29, 0.717) is 43.3 Å². The maximum Gasteiger partial charge on any atom is 0.421 e. The van der Waals surface area contributed by atoms with Gasteiger partial charge < -0.3 is 25.0 Å². The Morgan fingerprint density at radius 1 is 1.28 bits per heavy atom. The van der Waals surface area contributed by atoms with E-state index in [0.717, 1.165) is 6.20 Å². The van der Waals surface area contributed by atoms with Crippen molar-refractivity contribution < 1.29 is 27.4 Å². The van der Waals surface area contributed by atoms with Crippen molar-refractivity contribution in [2.75, 3.05) is 43.5 Å². The lowest BCUT2D eigenvalue weighted by Crippen LogP contribution is -2.40. The molecule has 3 rings (SSSR count). The van der Waals surface area contributed by atoms with Gasteiger partial charge in [-0.3, -0.25) is 4.79 Å². The zero-order valence-electron chi connectivity index (χ0n) is 18.1. The number of hydrogen-bond donors (Lipinski definition) is 2. The average molecular weight is 453 g/mol. The Morgan fingerprint density at radius 2 is 2.00 bits per heavy atom. The summed E-state index contributed by atoms with van der Waals surface area (Å²) in [7, 11) is 0. The van der Waals surface area contributed by atoms with E-state index >= 15 is 0 Å². The second-order valence-electron chi connectivity index (χ2n) is 7.39. The van der Waals surface area contributed by atoms with Crippen LogP contribution >= 0.6 is 0 Å².